The molecule has 0 saturated heterocycles. The lowest BCUT2D eigenvalue weighted by Gasteiger charge is -2.14. The fraction of sp³-hybridized carbons (Fsp3) is 0. The number of hydrogen-bond donors (Lipinski definition) is 0. The predicted molar refractivity (Wildman–Crippen MR) is 125 cm³/mol. The Bertz CT molecular complexity index is 1560. The zero-order valence-electron chi connectivity index (χ0n) is 15.4. The Balaban J connectivity index is 1.93. The second-order valence-electron chi connectivity index (χ2n) is 7.21. The SMILES string of the molecule is Brc1ccc2c(c1)nc(-c1ccccc1)c1ccc3ccc4cccnc4c3c12. The third-order valence-corrected chi connectivity index (χ3v) is 6.01. The van der Waals surface area contributed by atoms with E-state index in [0.29, 0.717) is 0 Å². The number of pyridine rings is 2. The molecule has 6 aromatic rings. The molecule has 0 N–H and O–H groups in total. The van der Waals surface area contributed by atoms with E-state index in [1.807, 2.05) is 18.3 Å². The minimum absolute atomic E-state index is 0.978. The third kappa shape index (κ3) is 2.55. The van der Waals surface area contributed by atoms with Crippen LogP contribution in [0.1, 0.15) is 0 Å². The molecule has 0 aliphatic rings. The molecule has 0 spiro atoms. The number of rotatable bonds is 1. The Morgan fingerprint density at radius 1 is 0.655 bits per heavy atom. The van der Waals surface area contributed by atoms with E-state index in [4.69, 9.17) is 9.97 Å². The van der Waals surface area contributed by atoms with Crippen LogP contribution in [0.4, 0.5) is 0 Å². The van der Waals surface area contributed by atoms with Crippen LogP contribution in [-0.4, -0.2) is 9.97 Å². The average Bonchev–Trinajstić information content (AvgIpc) is 2.78. The van der Waals surface area contributed by atoms with Gasteiger partial charge in [-0.2, -0.15) is 0 Å². The highest BCUT2D eigenvalue weighted by molar-refractivity contribution is 9.10. The fourth-order valence-electron chi connectivity index (χ4n) is 4.24. The van der Waals surface area contributed by atoms with Crippen molar-refractivity contribution in [2.45, 2.75) is 0 Å². The van der Waals surface area contributed by atoms with E-state index in [0.717, 1.165) is 42.9 Å². The summed E-state index contributed by atoms with van der Waals surface area (Å²) >= 11 is 3.61. The highest BCUT2D eigenvalue weighted by atomic mass is 79.9. The lowest BCUT2D eigenvalue weighted by atomic mass is 9.94. The van der Waals surface area contributed by atoms with Gasteiger partial charge in [-0.3, -0.25) is 4.98 Å². The second kappa shape index (κ2) is 6.36. The molecule has 136 valence electrons. The molecule has 29 heavy (non-hydrogen) atoms. The number of aromatic nitrogens is 2. The van der Waals surface area contributed by atoms with E-state index >= 15 is 0 Å². The van der Waals surface area contributed by atoms with E-state index in [1.165, 1.54) is 16.2 Å². The van der Waals surface area contributed by atoms with Gasteiger partial charge in [-0.1, -0.05) is 82.7 Å². The first-order chi connectivity index (χ1) is 14.3. The summed E-state index contributed by atoms with van der Waals surface area (Å²) in [6.45, 7) is 0. The summed E-state index contributed by atoms with van der Waals surface area (Å²) in [5.41, 5.74) is 4.13. The van der Waals surface area contributed by atoms with Crippen LogP contribution in [0.2, 0.25) is 0 Å². The van der Waals surface area contributed by atoms with Gasteiger partial charge >= 0.3 is 0 Å². The zero-order valence-corrected chi connectivity index (χ0v) is 17.0. The average molecular weight is 435 g/mol. The first kappa shape index (κ1) is 16.6. The van der Waals surface area contributed by atoms with Crippen LogP contribution in [0.5, 0.6) is 0 Å². The first-order valence-electron chi connectivity index (χ1n) is 9.54. The van der Waals surface area contributed by atoms with Crippen LogP contribution in [0.25, 0.3) is 54.6 Å². The van der Waals surface area contributed by atoms with Crippen molar-refractivity contribution in [2.75, 3.05) is 0 Å². The number of fused-ring (bicyclic) bond motifs is 7. The number of benzene rings is 4. The van der Waals surface area contributed by atoms with Crippen molar-refractivity contribution in [2.24, 2.45) is 0 Å². The highest BCUT2D eigenvalue weighted by Gasteiger charge is 2.15. The van der Waals surface area contributed by atoms with E-state index < -0.39 is 0 Å². The molecular weight excluding hydrogens is 420 g/mol. The van der Waals surface area contributed by atoms with Gasteiger partial charge < -0.3 is 0 Å². The summed E-state index contributed by atoms with van der Waals surface area (Å²) in [6, 6.07) is 29.6. The molecule has 0 fully saturated rings. The molecule has 0 aliphatic carbocycles. The maximum Gasteiger partial charge on any atom is 0.0788 e. The van der Waals surface area contributed by atoms with E-state index in [9.17, 15) is 0 Å². The Kier molecular flexibility index (Phi) is 3.65. The van der Waals surface area contributed by atoms with Gasteiger partial charge in [0.2, 0.25) is 0 Å². The fourth-order valence-corrected chi connectivity index (χ4v) is 4.59. The summed E-state index contributed by atoms with van der Waals surface area (Å²) in [7, 11) is 0. The van der Waals surface area contributed by atoms with Crippen LogP contribution >= 0.6 is 15.9 Å². The minimum Gasteiger partial charge on any atom is -0.256 e. The minimum atomic E-state index is 0.978. The van der Waals surface area contributed by atoms with Gasteiger partial charge in [0.05, 0.1) is 16.7 Å². The van der Waals surface area contributed by atoms with Gasteiger partial charge in [0.1, 0.15) is 0 Å². The van der Waals surface area contributed by atoms with Crippen LogP contribution in [-0.2, 0) is 0 Å². The van der Waals surface area contributed by atoms with Crippen molar-refractivity contribution < 1.29 is 0 Å². The lowest BCUT2D eigenvalue weighted by molar-refractivity contribution is 1.42. The van der Waals surface area contributed by atoms with E-state index in [1.54, 1.807) is 0 Å². The van der Waals surface area contributed by atoms with Crippen molar-refractivity contribution in [3.05, 3.63) is 95.6 Å². The molecule has 4 aromatic carbocycles. The van der Waals surface area contributed by atoms with Gasteiger partial charge in [0, 0.05) is 43.2 Å². The summed E-state index contributed by atoms with van der Waals surface area (Å²) in [5.74, 6) is 0. The van der Waals surface area contributed by atoms with Crippen molar-refractivity contribution >= 4 is 59.3 Å². The van der Waals surface area contributed by atoms with Crippen LogP contribution in [0.3, 0.4) is 0 Å². The highest BCUT2D eigenvalue weighted by Crippen LogP contribution is 2.39. The van der Waals surface area contributed by atoms with Gasteiger partial charge in [-0.25, -0.2) is 4.98 Å². The Hall–Kier alpha value is -3.30. The Labute approximate surface area is 176 Å². The summed E-state index contributed by atoms with van der Waals surface area (Å²) < 4.78 is 1.03. The van der Waals surface area contributed by atoms with Crippen molar-refractivity contribution in [3.8, 4) is 11.3 Å². The van der Waals surface area contributed by atoms with Crippen LogP contribution in [0, 0.1) is 0 Å². The zero-order chi connectivity index (χ0) is 19.4. The number of halogens is 1. The molecule has 6 rings (SSSR count). The second-order valence-corrected chi connectivity index (χ2v) is 8.13. The molecule has 0 amide bonds. The van der Waals surface area contributed by atoms with E-state index in [-0.39, 0.29) is 0 Å². The summed E-state index contributed by atoms with van der Waals surface area (Å²) in [6.07, 6.45) is 1.87. The number of nitrogens with zero attached hydrogens (tertiary/aromatic N) is 2. The van der Waals surface area contributed by atoms with Crippen molar-refractivity contribution in [1.82, 2.24) is 9.97 Å². The van der Waals surface area contributed by atoms with Gasteiger partial charge in [-0.15, -0.1) is 0 Å². The smallest absolute Gasteiger partial charge is 0.0788 e. The first-order valence-corrected chi connectivity index (χ1v) is 10.3. The molecule has 0 aliphatic heterocycles. The maximum atomic E-state index is 5.07. The maximum absolute atomic E-state index is 5.07. The van der Waals surface area contributed by atoms with Gasteiger partial charge in [0.25, 0.3) is 0 Å². The molecule has 0 unspecified atom stereocenters. The molecule has 0 radical (unpaired) electrons. The number of hydrogen-bond acceptors (Lipinski definition) is 2. The molecule has 2 heterocycles. The monoisotopic (exact) mass is 434 g/mol. The van der Waals surface area contributed by atoms with Gasteiger partial charge in [0.15, 0.2) is 0 Å². The molecule has 3 heteroatoms. The Morgan fingerprint density at radius 2 is 1.45 bits per heavy atom. The normalized spacial score (nSPS) is 11.6. The molecule has 0 saturated carbocycles. The van der Waals surface area contributed by atoms with Gasteiger partial charge in [-0.05, 0) is 23.6 Å². The Morgan fingerprint density at radius 3 is 2.34 bits per heavy atom. The summed E-state index contributed by atoms with van der Waals surface area (Å²) in [5, 5.41) is 7.04. The van der Waals surface area contributed by atoms with E-state index in [2.05, 4.69) is 88.7 Å². The summed E-state index contributed by atoms with van der Waals surface area (Å²) in [4.78, 5) is 9.83. The largest absolute Gasteiger partial charge is 0.256 e. The molecule has 0 atom stereocenters. The standard InChI is InChI=1S/C26H15BrN2/c27-19-11-13-20-22(15-19)29-25(17-5-2-1-3-6-17)21-12-10-16-8-9-18-7-4-14-28-26(18)23(16)24(20)21/h1-15H. The van der Waals surface area contributed by atoms with Crippen LogP contribution in [0.15, 0.2) is 95.6 Å². The predicted octanol–water partition coefficient (Wildman–Crippen LogP) is 7.52. The molecule has 2 nitrogen and oxygen atoms in total. The molecular formula is C26H15BrN2. The topological polar surface area (TPSA) is 25.8 Å². The van der Waals surface area contributed by atoms with Crippen molar-refractivity contribution in [1.29, 1.82) is 0 Å². The lowest BCUT2D eigenvalue weighted by Crippen LogP contribution is -1.92. The third-order valence-electron chi connectivity index (χ3n) is 5.52. The molecule has 2 aromatic heterocycles. The quantitative estimate of drug-likeness (QED) is 0.250. The molecule has 0 bridgehead atoms. The van der Waals surface area contributed by atoms with Crippen molar-refractivity contribution in [3.63, 3.8) is 0 Å². The van der Waals surface area contributed by atoms with Crippen LogP contribution < -0.4 is 0 Å².